The van der Waals surface area contributed by atoms with E-state index in [0.717, 1.165) is 12.1 Å². The molecule has 2 rings (SSSR count). The maximum Gasteiger partial charge on any atom is 0.214 e. The van der Waals surface area contributed by atoms with E-state index in [-0.39, 0.29) is 5.75 Å². The predicted molar refractivity (Wildman–Crippen MR) is 89.0 cm³/mol. The molecule has 0 aliphatic carbocycles. The van der Waals surface area contributed by atoms with Crippen molar-refractivity contribution in [1.29, 1.82) is 0 Å². The summed E-state index contributed by atoms with van der Waals surface area (Å²) in [6.45, 7) is 2.48. The molecule has 1 saturated heterocycles. The van der Waals surface area contributed by atoms with Crippen LogP contribution in [-0.4, -0.2) is 50.5 Å². The van der Waals surface area contributed by atoms with Crippen LogP contribution in [0.3, 0.4) is 0 Å². The summed E-state index contributed by atoms with van der Waals surface area (Å²) in [6.07, 6.45) is 1.37. The molecule has 118 valence electrons. The number of anilines is 1. The summed E-state index contributed by atoms with van der Waals surface area (Å²) < 4.78 is 26.0. The fourth-order valence-electron chi connectivity index (χ4n) is 2.38. The predicted octanol–water partition coefficient (Wildman–Crippen LogP) is 2.81. The van der Waals surface area contributed by atoms with Gasteiger partial charge in [0.25, 0.3) is 0 Å². The van der Waals surface area contributed by atoms with Crippen LogP contribution >= 0.6 is 23.2 Å². The highest BCUT2D eigenvalue weighted by Gasteiger charge is 2.26. The molecule has 1 aromatic rings. The number of halogens is 2. The van der Waals surface area contributed by atoms with Gasteiger partial charge in [0.05, 0.1) is 5.75 Å². The lowest BCUT2D eigenvalue weighted by atomic mass is 10.2. The first-order chi connectivity index (χ1) is 10.0. The second-order valence-corrected chi connectivity index (χ2v) is 7.98. The van der Waals surface area contributed by atoms with Crippen LogP contribution in [0.4, 0.5) is 5.69 Å². The molecular formula is C14H20Cl2N2O2S. The van der Waals surface area contributed by atoms with Crippen molar-refractivity contribution < 1.29 is 8.42 Å². The molecule has 1 aliphatic rings. The lowest BCUT2D eigenvalue weighted by Gasteiger charge is -2.35. The van der Waals surface area contributed by atoms with Crippen LogP contribution < -0.4 is 4.90 Å². The second-order valence-electron chi connectivity index (χ2n) is 5.07. The van der Waals surface area contributed by atoms with Crippen molar-refractivity contribution in [2.45, 2.75) is 12.8 Å². The smallest absolute Gasteiger partial charge is 0.214 e. The summed E-state index contributed by atoms with van der Waals surface area (Å²) in [5.74, 6) is 0.709. The summed E-state index contributed by atoms with van der Waals surface area (Å²) >= 11 is 11.5. The summed E-state index contributed by atoms with van der Waals surface area (Å²) in [6, 6.07) is 7.64. The molecule has 0 saturated carbocycles. The van der Waals surface area contributed by atoms with Crippen LogP contribution in [0.5, 0.6) is 0 Å². The van der Waals surface area contributed by atoms with Gasteiger partial charge in [-0.05, 0) is 37.1 Å². The van der Waals surface area contributed by atoms with Crippen molar-refractivity contribution >= 4 is 38.9 Å². The Balaban J connectivity index is 1.89. The second kappa shape index (κ2) is 7.68. The highest BCUT2D eigenvalue weighted by atomic mass is 35.5. The zero-order valence-corrected chi connectivity index (χ0v) is 14.2. The SMILES string of the molecule is O=S(=O)(CCCCCl)N1CCN(c2ccc(Cl)cc2)CC1. The van der Waals surface area contributed by atoms with Gasteiger partial charge in [-0.25, -0.2) is 8.42 Å². The Morgan fingerprint density at radius 2 is 1.62 bits per heavy atom. The van der Waals surface area contributed by atoms with E-state index >= 15 is 0 Å². The van der Waals surface area contributed by atoms with Gasteiger partial charge in [0.2, 0.25) is 10.0 Å². The van der Waals surface area contributed by atoms with Gasteiger partial charge in [-0.2, -0.15) is 4.31 Å². The zero-order valence-electron chi connectivity index (χ0n) is 11.8. The van der Waals surface area contributed by atoms with Crippen LogP contribution in [0.2, 0.25) is 5.02 Å². The van der Waals surface area contributed by atoms with E-state index < -0.39 is 10.0 Å². The minimum absolute atomic E-state index is 0.195. The molecular weight excluding hydrogens is 331 g/mol. The Morgan fingerprint density at radius 3 is 2.19 bits per heavy atom. The van der Waals surface area contributed by atoms with Crippen molar-refractivity contribution in [3.8, 4) is 0 Å². The molecule has 1 aromatic carbocycles. The maximum absolute atomic E-state index is 12.2. The standard InChI is InChI=1S/C14H20Cl2N2O2S/c15-7-1-2-12-21(19,20)18-10-8-17(9-11-18)14-5-3-13(16)4-6-14/h3-6H,1-2,7-12H2. The molecule has 0 atom stereocenters. The van der Waals surface area contributed by atoms with Gasteiger partial charge in [-0.3, -0.25) is 0 Å². The average Bonchev–Trinajstić information content (AvgIpc) is 2.48. The summed E-state index contributed by atoms with van der Waals surface area (Å²) in [5, 5.41) is 0.708. The molecule has 0 radical (unpaired) electrons. The fourth-order valence-corrected chi connectivity index (χ4v) is 4.25. The molecule has 0 aromatic heterocycles. The number of hydrogen-bond acceptors (Lipinski definition) is 3. The maximum atomic E-state index is 12.2. The molecule has 7 heteroatoms. The zero-order chi connectivity index (χ0) is 15.3. The normalized spacial score (nSPS) is 17.1. The number of rotatable bonds is 6. The van der Waals surface area contributed by atoms with Crippen LogP contribution in [0.1, 0.15) is 12.8 Å². The highest BCUT2D eigenvalue weighted by molar-refractivity contribution is 7.89. The molecule has 21 heavy (non-hydrogen) atoms. The van der Waals surface area contributed by atoms with E-state index in [0.29, 0.717) is 43.5 Å². The van der Waals surface area contributed by atoms with Crippen molar-refractivity contribution in [3.05, 3.63) is 29.3 Å². The Morgan fingerprint density at radius 1 is 1.00 bits per heavy atom. The van der Waals surface area contributed by atoms with Gasteiger partial charge in [-0.1, -0.05) is 11.6 Å². The number of alkyl halides is 1. The van der Waals surface area contributed by atoms with E-state index in [1.165, 1.54) is 0 Å². The van der Waals surface area contributed by atoms with Crippen LogP contribution in [0.25, 0.3) is 0 Å². The molecule has 0 amide bonds. The van der Waals surface area contributed by atoms with Gasteiger partial charge in [0.1, 0.15) is 0 Å². The third-order valence-electron chi connectivity index (χ3n) is 3.61. The van der Waals surface area contributed by atoms with E-state index in [4.69, 9.17) is 23.2 Å². The van der Waals surface area contributed by atoms with Crippen LogP contribution in [-0.2, 0) is 10.0 Å². The Hall–Kier alpha value is -0.490. The fraction of sp³-hybridized carbons (Fsp3) is 0.571. The summed E-state index contributed by atoms with van der Waals surface area (Å²) in [4.78, 5) is 2.18. The van der Waals surface area contributed by atoms with Crippen LogP contribution in [0.15, 0.2) is 24.3 Å². The summed E-state index contributed by atoms with van der Waals surface area (Å²) in [7, 11) is -3.14. The van der Waals surface area contributed by atoms with E-state index in [1.807, 2.05) is 24.3 Å². The Labute approximate surface area is 136 Å². The first-order valence-corrected chi connectivity index (χ1v) is 9.59. The van der Waals surface area contributed by atoms with E-state index in [9.17, 15) is 8.42 Å². The molecule has 0 unspecified atom stereocenters. The summed E-state index contributed by atoms with van der Waals surface area (Å²) in [5.41, 5.74) is 1.08. The Kier molecular flexibility index (Phi) is 6.17. The van der Waals surface area contributed by atoms with Crippen molar-refractivity contribution in [3.63, 3.8) is 0 Å². The third-order valence-corrected chi connectivity index (χ3v) is 6.09. The van der Waals surface area contributed by atoms with E-state index in [2.05, 4.69) is 4.90 Å². The number of unbranched alkanes of at least 4 members (excludes halogenated alkanes) is 1. The van der Waals surface area contributed by atoms with Crippen molar-refractivity contribution in [2.75, 3.05) is 42.7 Å². The van der Waals surface area contributed by atoms with Gasteiger partial charge in [0, 0.05) is 42.8 Å². The van der Waals surface area contributed by atoms with Crippen molar-refractivity contribution in [1.82, 2.24) is 4.31 Å². The number of sulfonamides is 1. The quantitative estimate of drug-likeness (QED) is 0.585. The topological polar surface area (TPSA) is 40.6 Å². The number of benzene rings is 1. The molecule has 1 fully saturated rings. The van der Waals surface area contributed by atoms with Gasteiger partial charge >= 0.3 is 0 Å². The largest absolute Gasteiger partial charge is 0.369 e. The minimum Gasteiger partial charge on any atom is -0.369 e. The van der Waals surface area contributed by atoms with E-state index in [1.54, 1.807) is 4.31 Å². The van der Waals surface area contributed by atoms with Crippen LogP contribution in [0, 0.1) is 0 Å². The Bertz CT molecular complexity index is 541. The van der Waals surface area contributed by atoms with Gasteiger partial charge in [-0.15, -0.1) is 11.6 Å². The monoisotopic (exact) mass is 350 g/mol. The molecule has 1 heterocycles. The molecule has 0 bridgehead atoms. The number of nitrogens with zero attached hydrogens (tertiary/aromatic N) is 2. The molecule has 1 aliphatic heterocycles. The number of piperazine rings is 1. The highest BCUT2D eigenvalue weighted by Crippen LogP contribution is 2.20. The minimum atomic E-state index is -3.14. The van der Waals surface area contributed by atoms with Gasteiger partial charge in [0.15, 0.2) is 0 Å². The average molecular weight is 351 g/mol. The molecule has 4 nitrogen and oxygen atoms in total. The lowest BCUT2D eigenvalue weighted by Crippen LogP contribution is -2.49. The van der Waals surface area contributed by atoms with Gasteiger partial charge < -0.3 is 4.90 Å². The molecule has 0 N–H and O–H groups in total. The lowest BCUT2D eigenvalue weighted by molar-refractivity contribution is 0.384. The first kappa shape index (κ1) is 16.9. The van der Waals surface area contributed by atoms with Crippen molar-refractivity contribution in [2.24, 2.45) is 0 Å². The molecule has 0 spiro atoms. The third kappa shape index (κ3) is 4.74. The number of hydrogen-bond donors (Lipinski definition) is 0. The first-order valence-electron chi connectivity index (χ1n) is 7.07.